The maximum atomic E-state index is 12.0. The SMILES string of the molecule is CCOC(=O)c1cnn(-c2nc(OC)c3c(cnn3[C@H]3CCN(c4ccc(Cl)c(Cl)c4)C3)n2)c1. The number of fused-ring (bicyclic) bond motifs is 1. The van der Waals surface area contributed by atoms with Gasteiger partial charge >= 0.3 is 5.97 Å². The van der Waals surface area contributed by atoms with Crippen LogP contribution >= 0.6 is 23.2 Å². The molecular weight excluding hydrogens is 481 g/mol. The van der Waals surface area contributed by atoms with E-state index in [1.54, 1.807) is 26.3 Å². The molecule has 176 valence electrons. The van der Waals surface area contributed by atoms with Crippen LogP contribution in [0, 0.1) is 0 Å². The first-order chi connectivity index (χ1) is 16.5. The van der Waals surface area contributed by atoms with E-state index in [1.807, 2.05) is 16.8 Å². The Labute approximate surface area is 205 Å². The van der Waals surface area contributed by atoms with E-state index in [1.165, 1.54) is 17.1 Å². The van der Waals surface area contributed by atoms with Gasteiger partial charge in [0.05, 0.1) is 47.8 Å². The third-order valence-corrected chi connectivity index (χ3v) is 6.41. The molecule has 0 bridgehead atoms. The minimum absolute atomic E-state index is 0.0930. The number of anilines is 1. The molecule has 1 saturated heterocycles. The first-order valence-electron chi connectivity index (χ1n) is 10.7. The molecule has 34 heavy (non-hydrogen) atoms. The summed E-state index contributed by atoms with van der Waals surface area (Å²) in [6.45, 7) is 3.61. The van der Waals surface area contributed by atoms with Gasteiger partial charge in [0.25, 0.3) is 5.95 Å². The summed E-state index contributed by atoms with van der Waals surface area (Å²) in [6, 6.07) is 5.73. The lowest BCUT2D eigenvalue weighted by atomic mass is 10.2. The van der Waals surface area contributed by atoms with Crippen LogP contribution < -0.4 is 9.64 Å². The third kappa shape index (κ3) is 4.03. The Morgan fingerprint density at radius 1 is 1.18 bits per heavy atom. The Hall–Kier alpha value is -3.37. The summed E-state index contributed by atoms with van der Waals surface area (Å²) in [5.41, 5.74) is 2.64. The Kier molecular flexibility index (Phi) is 6.01. The van der Waals surface area contributed by atoms with Gasteiger partial charge < -0.3 is 14.4 Å². The Bertz CT molecular complexity index is 1370. The highest BCUT2D eigenvalue weighted by Gasteiger charge is 2.28. The molecule has 1 aliphatic heterocycles. The van der Waals surface area contributed by atoms with Crippen LogP contribution in [0.4, 0.5) is 5.69 Å². The zero-order valence-electron chi connectivity index (χ0n) is 18.5. The van der Waals surface area contributed by atoms with Crippen LogP contribution in [0.2, 0.25) is 10.0 Å². The minimum Gasteiger partial charge on any atom is -0.479 e. The number of methoxy groups -OCH3 is 1. The average Bonchev–Trinajstić information content (AvgIpc) is 3.59. The monoisotopic (exact) mass is 501 g/mol. The van der Waals surface area contributed by atoms with Crippen LogP contribution in [-0.2, 0) is 4.74 Å². The van der Waals surface area contributed by atoms with Crippen LogP contribution in [-0.4, -0.2) is 62.3 Å². The van der Waals surface area contributed by atoms with Gasteiger partial charge in [-0.05, 0) is 31.5 Å². The van der Waals surface area contributed by atoms with E-state index in [9.17, 15) is 4.79 Å². The number of carbonyl (C=O) groups excluding carboxylic acids is 1. The topological polar surface area (TPSA) is 100 Å². The van der Waals surface area contributed by atoms with Crippen molar-refractivity contribution in [3.63, 3.8) is 0 Å². The number of carbonyl (C=O) groups is 1. The van der Waals surface area contributed by atoms with Crippen LogP contribution in [0.15, 0.2) is 36.8 Å². The lowest BCUT2D eigenvalue weighted by Gasteiger charge is -2.19. The molecule has 1 aliphatic rings. The Balaban J connectivity index is 1.44. The van der Waals surface area contributed by atoms with Crippen molar-refractivity contribution in [2.45, 2.75) is 19.4 Å². The van der Waals surface area contributed by atoms with Crippen LogP contribution in [0.3, 0.4) is 0 Å². The van der Waals surface area contributed by atoms with E-state index in [4.69, 9.17) is 32.7 Å². The van der Waals surface area contributed by atoms with Crippen LogP contribution in [0.5, 0.6) is 5.88 Å². The Morgan fingerprint density at radius 2 is 2.03 bits per heavy atom. The van der Waals surface area contributed by atoms with Gasteiger partial charge in [0.1, 0.15) is 11.0 Å². The van der Waals surface area contributed by atoms with Gasteiger partial charge in [-0.2, -0.15) is 15.2 Å². The number of nitrogens with zero attached hydrogens (tertiary/aromatic N) is 7. The van der Waals surface area contributed by atoms with Crippen molar-refractivity contribution >= 4 is 45.9 Å². The van der Waals surface area contributed by atoms with Gasteiger partial charge in [-0.3, -0.25) is 4.68 Å². The molecule has 4 heterocycles. The normalized spacial score (nSPS) is 15.8. The van der Waals surface area contributed by atoms with E-state index in [2.05, 4.69) is 25.1 Å². The second kappa shape index (κ2) is 9.11. The zero-order valence-corrected chi connectivity index (χ0v) is 20.0. The summed E-state index contributed by atoms with van der Waals surface area (Å²) in [7, 11) is 1.55. The number of ether oxygens (including phenoxy) is 2. The summed E-state index contributed by atoms with van der Waals surface area (Å²) in [5, 5.41) is 9.85. The number of rotatable bonds is 6. The molecule has 0 aliphatic carbocycles. The quantitative estimate of drug-likeness (QED) is 0.366. The molecule has 1 atom stereocenters. The molecule has 1 fully saturated rings. The van der Waals surface area contributed by atoms with Gasteiger partial charge in [-0.15, -0.1) is 0 Å². The van der Waals surface area contributed by atoms with Gasteiger partial charge in [-0.25, -0.2) is 14.5 Å². The number of aromatic nitrogens is 6. The van der Waals surface area contributed by atoms with E-state index in [0.29, 0.717) is 32.5 Å². The molecule has 0 unspecified atom stereocenters. The number of halogens is 2. The number of hydrogen-bond donors (Lipinski definition) is 0. The minimum atomic E-state index is -0.456. The van der Waals surface area contributed by atoms with Crippen molar-refractivity contribution < 1.29 is 14.3 Å². The molecule has 3 aromatic heterocycles. The molecular formula is C22H21Cl2N7O3. The molecule has 0 spiro atoms. The Morgan fingerprint density at radius 3 is 2.79 bits per heavy atom. The van der Waals surface area contributed by atoms with E-state index < -0.39 is 5.97 Å². The van der Waals surface area contributed by atoms with Gasteiger partial charge in [0, 0.05) is 25.0 Å². The van der Waals surface area contributed by atoms with Gasteiger partial charge in [0.15, 0.2) is 0 Å². The fourth-order valence-corrected chi connectivity index (χ4v) is 4.34. The molecule has 4 aromatic rings. The predicted molar refractivity (Wildman–Crippen MR) is 127 cm³/mol. The van der Waals surface area contributed by atoms with Gasteiger partial charge in [0.2, 0.25) is 5.88 Å². The average molecular weight is 502 g/mol. The smallest absolute Gasteiger partial charge is 0.341 e. The molecule has 5 rings (SSSR count). The lowest BCUT2D eigenvalue weighted by Crippen LogP contribution is -2.21. The molecule has 0 amide bonds. The maximum absolute atomic E-state index is 12.0. The molecule has 1 aromatic carbocycles. The largest absolute Gasteiger partial charge is 0.479 e. The number of esters is 1. The standard InChI is InChI=1S/C22H21Cl2N7O3/c1-3-34-21(32)13-9-25-30(11-13)22-27-18-10-26-31(19(18)20(28-22)33-2)15-6-7-29(12-15)14-4-5-16(23)17(24)8-14/h4-5,8-11,15H,3,6-7,12H2,1-2H3/t15-/m0/s1. The summed E-state index contributed by atoms with van der Waals surface area (Å²) < 4.78 is 13.9. The lowest BCUT2D eigenvalue weighted by molar-refractivity contribution is 0.0526. The second-order valence-electron chi connectivity index (χ2n) is 7.74. The first-order valence-corrected chi connectivity index (χ1v) is 11.5. The van der Waals surface area contributed by atoms with Crippen LogP contribution in [0.1, 0.15) is 29.7 Å². The van der Waals surface area contributed by atoms with Crippen molar-refractivity contribution in [2.24, 2.45) is 0 Å². The van der Waals surface area contributed by atoms with Crippen molar-refractivity contribution in [3.8, 4) is 11.8 Å². The van der Waals surface area contributed by atoms with E-state index >= 15 is 0 Å². The van der Waals surface area contributed by atoms with Crippen molar-refractivity contribution in [1.29, 1.82) is 0 Å². The predicted octanol–water partition coefficient (Wildman–Crippen LogP) is 3.96. The molecule has 0 radical (unpaired) electrons. The molecule has 12 heteroatoms. The summed E-state index contributed by atoms with van der Waals surface area (Å²) >= 11 is 12.3. The second-order valence-corrected chi connectivity index (χ2v) is 8.55. The van der Waals surface area contributed by atoms with E-state index in [0.717, 1.165) is 25.2 Å². The third-order valence-electron chi connectivity index (χ3n) is 5.67. The van der Waals surface area contributed by atoms with E-state index in [-0.39, 0.29) is 18.6 Å². The first kappa shape index (κ1) is 22.4. The maximum Gasteiger partial charge on any atom is 0.341 e. The van der Waals surface area contributed by atoms with Crippen molar-refractivity contribution in [3.05, 3.63) is 52.4 Å². The number of hydrogen-bond acceptors (Lipinski definition) is 8. The molecule has 0 saturated carbocycles. The highest BCUT2D eigenvalue weighted by atomic mass is 35.5. The fraction of sp³-hybridized carbons (Fsp3) is 0.318. The fourth-order valence-electron chi connectivity index (χ4n) is 4.05. The highest BCUT2D eigenvalue weighted by molar-refractivity contribution is 6.42. The molecule has 10 nitrogen and oxygen atoms in total. The molecule has 0 N–H and O–H groups in total. The summed E-state index contributed by atoms with van der Waals surface area (Å²) in [5.74, 6) is 0.185. The summed E-state index contributed by atoms with van der Waals surface area (Å²) in [6.07, 6.45) is 5.50. The zero-order chi connectivity index (χ0) is 23.8. The van der Waals surface area contributed by atoms with Crippen molar-refractivity contribution in [2.75, 3.05) is 31.7 Å². The van der Waals surface area contributed by atoms with Crippen molar-refractivity contribution in [1.82, 2.24) is 29.5 Å². The summed E-state index contributed by atoms with van der Waals surface area (Å²) in [4.78, 5) is 23.3. The van der Waals surface area contributed by atoms with Gasteiger partial charge in [-0.1, -0.05) is 23.2 Å². The number of benzene rings is 1. The van der Waals surface area contributed by atoms with Crippen LogP contribution in [0.25, 0.3) is 17.0 Å². The highest BCUT2D eigenvalue weighted by Crippen LogP contribution is 2.34.